The minimum Gasteiger partial charge on any atom is -0.271 e. The lowest BCUT2D eigenvalue weighted by atomic mass is 10.0. The maximum atomic E-state index is 12.2. The standard InChI is InChI=1S/C17H20N2O/c1-17(2,3)19(18)16(20)15-11-9-14(10-12-15)13-7-5-4-6-8-13/h4-12H,18H2,1-3H3. The zero-order chi connectivity index (χ0) is 14.8. The van der Waals surface area contributed by atoms with Gasteiger partial charge in [0.15, 0.2) is 0 Å². The molecule has 0 aliphatic heterocycles. The first-order chi connectivity index (χ1) is 9.39. The maximum absolute atomic E-state index is 12.2. The van der Waals surface area contributed by atoms with Gasteiger partial charge in [0.1, 0.15) is 0 Å². The molecule has 3 heteroatoms. The molecule has 2 aromatic rings. The van der Waals surface area contributed by atoms with Crippen LogP contribution in [0.15, 0.2) is 54.6 Å². The van der Waals surface area contributed by atoms with Gasteiger partial charge in [0.05, 0.1) is 5.54 Å². The van der Waals surface area contributed by atoms with Crippen molar-refractivity contribution in [3.8, 4) is 11.1 Å². The van der Waals surface area contributed by atoms with Crippen molar-refractivity contribution < 1.29 is 4.79 Å². The lowest BCUT2D eigenvalue weighted by Gasteiger charge is -2.31. The van der Waals surface area contributed by atoms with Gasteiger partial charge >= 0.3 is 0 Å². The summed E-state index contributed by atoms with van der Waals surface area (Å²) in [5, 5.41) is 1.27. The molecule has 0 unspecified atom stereocenters. The second-order valence-electron chi connectivity index (χ2n) is 5.79. The third-order valence-corrected chi connectivity index (χ3v) is 3.18. The quantitative estimate of drug-likeness (QED) is 0.515. The number of nitrogens with zero attached hydrogens (tertiary/aromatic N) is 1. The summed E-state index contributed by atoms with van der Waals surface area (Å²) in [4.78, 5) is 12.2. The van der Waals surface area contributed by atoms with Crippen LogP contribution in [0.1, 0.15) is 31.1 Å². The van der Waals surface area contributed by atoms with Gasteiger partial charge in [-0.15, -0.1) is 0 Å². The number of hydrogen-bond donors (Lipinski definition) is 1. The van der Waals surface area contributed by atoms with Crippen molar-refractivity contribution in [2.75, 3.05) is 0 Å². The highest BCUT2D eigenvalue weighted by atomic mass is 16.2. The Balaban J connectivity index is 2.23. The molecule has 3 nitrogen and oxygen atoms in total. The van der Waals surface area contributed by atoms with E-state index in [1.807, 2.05) is 75.4 Å². The summed E-state index contributed by atoms with van der Waals surface area (Å²) < 4.78 is 0. The highest BCUT2D eigenvalue weighted by Gasteiger charge is 2.24. The summed E-state index contributed by atoms with van der Waals surface area (Å²) in [7, 11) is 0. The second kappa shape index (κ2) is 5.47. The average molecular weight is 268 g/mol. The Morgan fingerprint density at radius 3 is 1.90 bits per heavy atom. The van der Waals surface area contributed by atoms with Crippen molar-refractivity contribution in [3.05, 3.63) is 60.2 Å². The van der Waals surface area contributed by atoms with E-state index in [2.05, 4.69) is 0 Å². The third kappa shape index (κ3) is 3.06. The lowest BCUT2D eigenvalue weighted by molar-refractivity contribution is 0.0582. The number of benzene rings is 2. The molecule has 20 heavy (non-hydrogen) atoms. The Morgan fingerprint density at radius 1 is 0.900 bits per heavy atom. The van der Waals surface area contributed by atoms with Crippen LogP contribution in [0.4, 0.5) is 0 Å². The van der Waals surface area contributed by atoms with Gasteiger partial charge in [-0.3, -0.25) is 9.80 Å². The number of hydrogen-bond acceptors (Lipinski definition) is 2. The van der Waals surface area contributed by atoms with Crippen LogP contribution in [0.25, 0.3) is 11.1 Å². The fourth-order valence-corrected chi connectivity index (χ4v) is 1.88. The summed E-state index contributed by atoms with van der Waals surface area (Å²) in [6.07, 6.45) is 0. The Labute approximate surface area is 120 Å². The number of carbonyl (C=O) groups is 1. The molecule has 0 aliphatic rings. The van der Waals surface area contributed by atoms with Gasteiger partial charge in [0.25, 0.3) is 5.91 Å². The number of hydrazine groups is 1. The molecular weight excluding hydrogens is 248 g/mol. The van der Waals surface area contributed by atoms with Crippen molar-refractivity contribution in [1.29, 1.82) is 0 Å². The zero-order valence-electron chi connectivity index (χ0n) is 12.1. The van der Waals surface area contributed by atoms with E-state index in [4.69, 9.17) is 5.84 Å². The van der Waals surface area contributed by atoms with Crippen LogP contribution in [-0.2, 0) is 0 Å². The SMILES string of the molecule is CC(C)(C)N(N)C(=O)c1ccc(-c2ccccc2)cc1. The normalized spacial score (nSPS) is 11.2. The minimum atomic E-state index is -0.394. The van der Waals surface area contributed by atoms with Crippen molar-refractivity contribution in [3.63, 3.8) is 0 Å². The fourth-order valence-electron chi connectivity index (χ4n) is 1.88. The van der Waals surface area contributed by atoms with Gasteiger partial charge in [0, 0.05) is 5.56 Å². The minimum absolute atomic E-state index is 0.169. The molecule has 0 bridgehead atoms. The fraction of sp³-hybridized carbons (Fsp3) is 0.235. The first kappa shape index (κ1) is 14.3. The van der Waals surface area contributed by atoms with Crippen LogP contribution in [0.2, 0.25) is 0 Å². The second-order valence-corrected chi connectivity index (χ2v) is 5.79. The maximum Gasteiger partial charge on any atom is 0.268 e. The van der Waals surface area contributed by atoms with E-state index in [9.17, 15) is 4.79 Å². The molecule has 0 saturated heterocycles. The molecule has 0 heterocycles. The molecule has 0 fully saturated rings. The van der Waals surface area contributed by atoms with Crippen LogP contribution in [0, 0.1) is 0 Å². The average Bonchev–Trinajstić information content (AvgIpc) is 2.46. The van der Waals surface area contributed by atoms with E-state index in [1.165, 1.54) is 5.01 Å². The van der Waals surface area contributed by atoms with Crippen LogP contribution >= 0.6 is 0 Å². The molecule has 0 atom stereocenters. The summed E-state index contributed by atoms with van der Waals surface area (Å²) in [5.74, 6) is 5.69. The van der Waals surface area contributed by atoms with E-state index in [0.29, 0.717) is 5.56 Å². The van der Waals surface area contributed by atoms with E-state index in [0.717, 1.165) is 11.1 Å². The largest absolute Gasteiger partial charge is 0.271 e. The topological polar surface area (TPSA) is 46.3 Å². The van der Waals surface area contributed by atoms with Crippen molar-refractivity contribution in [1.82, 2.24) is 5.01 Å². The van der Waals surface area contributed by atoms with Crippen LogP contribution in [-0.4, -0.2) is 16.5 Å². The zero-order valence-corrected chi connectivity index (χ0v) is 12.1. The molecule has 0 radical (unpaired) electrons. The van der Waals surface area contributed by atoms with Crippen LogP contribution in [0.3, 0.4) is 0 Å². The van der Waals surface area contributed by atoms with E-state index in [1.54, 1.807) is 0 Å². The highest BCUT2D eigenvalue weighted by molar-refractivity contribution is 5.94. The number of carbonyl (C=O) groups excluding carboxylic acids is 1. The Hall–Kier alpha value is -2.13. The Kier molecular flexibility index (Phi) is 3.91. The van der Waals surface area contributed by atoms with Crippen molar-refractivity contribution in [2.24, 2.45) is 5.84 Å². The first-order valence-electron chi connectivity index (χ1n) is 6.64. The highest BCUT2D eigenvalue weighted by Crippen LogP contribution is 2.20. The summed E-state index contributed by atoms with van der Waals surface area (Å²) >= 11 is 0. The van der Waals surface area contributed by atoms with Gasteiger partial charge in [-0.1, -0.05) is 42.5 Å². The molecule has 0 aliphatic carbocycles. The van der Waals surface area contributed by atoms with E-state index in [-0.39, 0.29) is 5.91 Å². The molecule has 2 aromatic carbocycles. The molecule has 2 N–H and O–H groups in total. The Morgan fingerprint density at radius 2 is 1.40 bits per heavy atom. The molecule has 0 saturated carbocycles. The van der Waals surface area contributed by atoms with Crippen LogP contribution in [0.5, 0.6) is 0 Å². The first-order valence-corrected chi connectivity index (χ1v) is 6.64. The molecule has 0 aromatic heterocycles. The smallest absolute Gasteiger partial charge is 0.268 e. The Bertz CT molecular complexity index is 583. The summed E-state index contributed by atoms with van der Waals surface area (Å²) in [6, 6.07) is 17.6. The lowest BCUT2D eigenvalue weighted by Crippen LogP contribution is -2.50. The number of rotatable bonds is 2. The van der Waals surface area contributed by atoms with Gasteiger partial charge < -0.3 is 0 Å². The van der Waals surface area contributed by atoms with E-state index >= 15 is 0 Å². The third-order valence-electron chi connectivity index (χ3n) is 3.18. The summed E-state index contributed by atoms with van der Waals surface area (Å²) in [6.45, 7) is 5.72. The van der Waals surface area contributed by atoms with Crippen LogP contribution < -0.4 is 5.84 Å². The molecule has 1 amide bonds. The van der Waals surface area contributed by atoms with E-state index < -0.39 is 5.54 Å². The predicted molar refractivity (Wildman–Crippen MR) is 82.0 cm³/mol. The molecule has 104 valence electrons. The van der Waals surface area contributed by atoms with Crippen molar-refractivity contribution >= 4 is 5.91 Å². The van der Waals surface area contributed by atoms with Gasteiger partial charge in [-0.2, -0.15) is 0 Å². The van der Waals surface area contributed by atoms with Gasteiger partial charge in [-0.05, 0) is 44.0 Å². The predicted octanol–water partition coefficient (Wildman–Crippen LogP) is 3.47. The molecule has 2 rings (SSSR count). The van der Waals surface area contributed by atoms with Crippen molar-refractivity contribution in [2.45, 2.75) is 26.3 Å². The molecular formula is C17H20N2O. The van der Waals surface area contributed by atoms with Gasteiger partial charge in [0.2, 0.25) is 0 Å². The van der Waals surface area contributed by atoms with Gasteiger partial charge in [-0.25, -0.2) is 5.84 Å². The number of nitrogens with two attached hydrogens (primary N) is 1. The monoisotopic (exact) mass is 268 g/mol. The summed E-state index contributed by atoms with van der Waals surface area (Å²) in [5.41, 5.74) is 2.42. The molecule has 0 spiro atoms. The number of amides is 1.